The number of nitrogens with zero attached hydrogens (tertiary/aromatic N) is 6. The third kappa shape index (κ3) is 4.66. The molecule has 11 heteroatoms. The molecule has 0 spiro atoms. The van der Waals surface area contributed by atoms with Crippen LogP contribution in [0.15, 0.2) is 52.1 Å². The molecule has 2 aromatic heterocycles. The summed E-state index contributed by atoms with van der Waals surface area (Å²) in [5, 5.41) is 1.76. The van der Waals surface area contributed by atoms with E-state index in [1.54, 1.807) is 19.2 Å². The van der Waals surface area contributed by atoms with Crippen molar-refractivity contribution in [1.29, 1.82) is 0 Å². The summed E-state index contributed by atoms with van der Waals surface area (Å²) in [6, 6.07) is 13.2. The lowest BCUT2D eigenvalue weighted by atomic mass is 10.2. The van der Waals surface area contributed by atoms with Crippen molar-refractivity contribution in [2.24, 2.45) is 14.1 Å². The van der Waals surface area contributed by atoms with Gasteiger partial charge in [0.15, 0.2) is 11.2 Å². The Balaban J connectivity index is 1.49. The summed E-state index contributed by atoms with van der Waals surface area (Å²) in [6.07, 6.45) is 0. The van der Waals surface area contributed by atoms with E-state index < -0.39 is 5.69 Å². The molecule has 3 heterocycles. The predicted molar refractivity (Wildman–Crippen MR) is 145 cm³/mol. The second-order valence-corrected chi connectivity index (χ2v) is 10.3. The lowest BCUT2D eigenvalue weighted by molar-refractivity contribution is 0.241. The predicted octanol–water partition coefficient (Wildman–Crippen LogP) is 3.76. The lowest BCUT2D eigenvalue weighted by Gasteiger charge is -2.36. The van der Waals surface area contributed by atoms with Crippen LogP contribution in [-0.4, -0.2) is 49.8 Å². The minimum atomic E-state index is -0.414. The van der Waals surface area contributed by atoms with Gasteiger partial charge in [0.2, 0.25) is 0 Å². The van der Waals surface area contributed by atoms with E-state index in [1.807, 2.05) is 28.8 Å². The number of anilines is 1. The van der Waals surface area contributed by atoms with Gasteiger partial charge < -0.3 is 9.47 Å². The first kappa shape index (κ1) is 24.9. The van der Waals surface area contributed by atoms with Crippen molar-refractivity contribution in [3.63, 3.8) is 0 Å². The maximum absolute atomic E-state index is 13.2. The second kappa shape index (κ2) is 9.94. The molecule has 0 bridgehead atoms. The number of hydrogen-bond donors (Lipinski definition) is 0. The number of aromatic nitrogens is 4. The Bertz CT molecular complexity index is 1570. The van der Waals surface area contributed by atoms with Gasteiger partial charge in [-0.05, 0) is 35.9 Å². The van der Waals surface area contributed by atoms with Gasteiger partial charge in [0, 0.05) is 61.0 Å². The Morgan fingerprint density at radius 3 is 2.28 bits per heavy atom. The number of aryl methyl sites for hydroxylation is 1. The minimum absolute atomic E-state index is 0.331. The zero-order valence-corrected chi connectivity index (χ0v) is 22.2. The average Bonchev–Trinajstić information content (AvgIpc) is 3.21. The molecule has 0 aliphatic carbocycles. The summed E-state index contributed by atoms with van der Waals surface area (Å²) in [6.45, 7) is 4.16. The van der Waals surface area contributed by atoms with E-state index in [9.17, 15) is 9.59 Å². The van der Waals surface area contributed by atoms with Crippen LogP contribution in [0, 0.1) is 0 Å². The molecule has 0 radical (unpaired) electrons. The molecule has 1 aliphatic heterocycles. The van der Waals surface area contributed by atoms with Gasteiger partial charge in [0.05, 0.1) is 13.1 Å². The van der Waals surface area contributed by atoms with Crippen molar-refractivity contribution in [3.05, 3.63) is 89.8 Å². The lowest BCUT2D eigenvalue weighted by Crippen LogP contribution is -2.46. The molecule has 0 amide bonds. The Hall–Kier alpha value is -2.78. The first-order valence-corrected chi connectivity index (χ1v) is 12.7. The highest BCUT2D eigenvalue weighted by atomic mass is 35.5. The van der Waals surface area contributed by atoms with Crippen LogP contribution in [0.4, 0.5) is 5.69 Å². The number of piperazine rings is 1. The van der Waals surface area contributed by atoms with E-state index in [0.717, 1.165) is 47.0 Å². The number of hydrogen-bond acceptors (Lipinski definition) is 5. The second-order valence-electron chi connectivity index (χ2n) is 8.97. The molecule has 36 heavy (non-hydrogen) atoms. The van der Waals surface area contributed by atoms with Crippen molar-refractivity contribution in [3.8, 4) is 0 Å². The zero-order chi connectivity index (χ0) is 25.6. The fraction of sp³-hybridized carbons (Fsp3) is 0.320. The van der Waals surface area contributed by atoms with Crippen LogP contribution in [0.3, 0.4) is 0 Å². The summed E-state index contributed by atoms with van der Waals surface area (Å²) >= 11 is 18.7. The molecule has 5 rings (SSSR count). The van der Waals surface area contributed by atoms with E-state index in [2.05, 4.69) is 15.9 Å². The topological polar surface area (TPSA) is 68.3 Å². The average molecular weight is 548 g/mol. The molecule has 188 valence electrons. The van der Waals surface area contributed by atoms with Crippen molar-refractivity contribution in [2.75, 3.05) is 31.1 Å². The molecule has 1 saturated heterocycles. The number of halogens is 3. The highest BCUT2D eigenvalue weighted by molar-refractivity contribution is 6.35. The molecular weight excluding hydrogens is 523 g/mol. The van der Waals surface area contributed by atoms with Gasteiger partial charge in [-0.1, -0.05) is 46.9 Å². The molecule has 0 saturated carbocycles. The summed E-state index contributed by atoms with van der Waals surface area (Å²) in [5.41, 5.74) is 1.85. The monoisotopic (exact) mass is 546 g/mol. The van der Waals surface area contributed by atoms with Crippen LogP contribution in [0.1, 0.15) is 11.4 Å². The molecule has 2 aromatic carbocycles. The summed E-state index contributed by atoms with van der Waals surface area (Å²) in [7, 11) is 3.11. The van der Waals surface area contributed by atoms with Crippen molar-refractivity contribution in [2.45, 2.75) is 13.1 Å². The van der Waals surface area contributed by atoms with E-state index >= 15 is 0 Å². The molecule has 8 nitrogen and oxygen atoms in total. The first-order valence-electron chi connectivity index (χ1n) is 11.5. The summed E-state index contributed by atoms with van der Waals surface area (Å²) in [5.74, 6) is 0.700. The number of benzene rings is 2. The van der Waals surface area contributed by atoms with Crippen LogP contribution in [0.5, 0.6) is 0 Å². The number of fused-ring (bicyclic) bond motifs is 1. The number of imidazole rings is 1. The summed E-state index contributed by atoms with van der Waals surface area (Å²) in [4.78, 5) is 35.1. The molecule has 0 unspecified atom stereocenters. The quantitative estimate of drug-likeness (QED) is 0.381. The van der Waals surface area contributed by atoms with E-state index in [1.165, 1.54) is 11.6 Å². The molecular formula is C25H25Cl3N6O2. The number of rotatable bonds is 5. The van der Waals surface area contributed by atoms with Crippen LogP contribution in [0.25, 0.3) is 11.2 Å². The zero-order valence-electron chi connectivity index (χ0n) is 19.9. The fourth-order valence-electron chi connectivity index (χ4n) is 4.64. The smallest absolute Gasteiger partial charge is 0.332 e. The van der Waals surface area contributed by atoms with Crippen LogP contribution >= 0.6 is 34.8 Å². The Labute approximate surface area is 222 Å². The molecule has 1 aliphatic rings. The van der Waals surface area contributed by atoms with Crippen LogP contribution in [-0.2, 0) is 27.2 Å². The maximum Gasteiger partial charge on any atom is 0.332 e. The van der Waals surface area contributed by atoms with E-state index in [-0.39, 0.29) is 5.56 Å². The van der Waals surface area contributed by atoms with Gasteiger partial charge in [0.25, 0.3) is 5.56 Å². The highest BCUT2D eigenvalue weighted by Crippen LogP contribution is 2.25. The van der Waals surface area contributed by atoms with E-state index in [4.69, 9.17) is 39.8 Å². The van der Waals surface area contributed by atoms with E-state index in [0.29, 0.717) is 40.1 Å². The molecule has 0 N–H and O–H groups in total. The minimum Gasteiger partial charge on any atom is -0.369 e. The molecule has 4 aromatic rings. The normalized spacial score (nSPS) is 14.6. The van der Waals surface area contributed by atoms with Crippen LogP contribution in [0.2, 0.25) is 15.1 Å². The van der Waals surface area contributed by atoms with Crippen molar-refractivity contribution >= 4 is 51.7 Å². The van der Waals surface area contributed by atoms with Crippen molar-refractivity contribution in [1.82, 2.24) is 23.6 Å². The van der Waals surface area contributed by atoms with Gasteiger partial charge >= 0.3 is 5.69 Å². The largest absolute Gasteiger partial charge is 0.369 e. The van der Waals surface area contributed by atoms with Gasteiger partial charge in [-0.3, -0.25) is 18.8 Å². The van der Waals surface area contributed by atoms with Gasteiger partial charge in [-0.25, -0.2) is 9.78 Å². The molecule has 0 atom stereocenters. The maximum atomic E-state index is 13.2. The van der Waals surface area contributed by atoms with Gasteiger partial charge in [-0.15, -0.1) is 0 Å². The summed E-state index contributed by atoms with van der Waals surface area (Å²) < 4.78 is 4.39. The van der Waals surface area contributed by atoms with Gasteiger partial charge in [-0.2, -0.15) is 0 Å². The third-order valence-electron chi connectivity index (χ3n) is 6.68. The highest BCUT2D eigenvalue weighted by Gasteiger charge is 2.24. The van der Waals surface area contributed by atoms with Crippen LogP contribution < -0.4 is 16.1 Å². The first-order chi connectivity index (χ1) is 17.2. The Morgan fingerprint density at radius 1 is 0.861 bits per heavy atom. The van der Waals surface area contributed by atoms with Crippen molar-refractivity contribution < 1.29 is 0 Å². The Kier molecular flexibility index (Phi) is 6.87. The SMILES string of the molecule is Cn1c(=O)c2c(nc(CN3CCN(c4cccc(Cl)c4)CC3)n2Cc2ccc(Cl)cc2Cl)n(C)c1=O. The fourth-order valence-corrected chi connectivity index (χ4v) is 5.29. The standard InChI is InChI=1S/C25H25Cl3N6O2/c1-30-23-22(24(35)31(2)25(30)36)34(14-16-6-7-18(27)13-20(16)28)21(29-23)15-32-8-10-33(11-9-32)19-5-3-4-17(26)12-19/h3-7,12-13H,8-11,14-15H2,1-2H3. The van der Waals surface area contributed by atoms with Gasteiger partial charge in [0.1, 0.15) is 5.82 Å². The Morgan fingerprint density at radius 2 is 1.58 bits per heavy atom. The molecule has 1 fully saturated rings. The third-order valence-corrected chi connectivity index (χ3v) is 7.50.